The molecule has 0 spiro atoms. The topological polar surface area (TPSA) is 51.1 Å². The maximum atomic E-state index is 12.0. The Morgan fingerprint density at radius 2 is 2.16 bits per heavy atom. The number of aryl methyl sites for hydroxylation is 1. The second-order valence-corrected chi connectivity index (χ2v) is 5.79. The number of thiophene rings is 1. The van der Waals surface area contributed by atoms with E-state index in [1.807, 2.05) is 6.92 Å². The molecule has 2 rings (SSSR count). The van der Waals surface area contributed by atoms with E-state index in [-0.39, 0.29) is 11.5 Å². The van der Waals surface area contributed by atoms with Crippen LogP contribution in [0.2, 0.25) is 9.36 Å². The summed E-state index contributed by atoms with van der Waals surface area (Å²) < 4.78 is 1.89. The van der Waals surface area contributed by atoms with Crippen molar-refractivity contribution in [2.24, 2.45) is 0 Å². The van der Waals surface area contributed by atoms with E-state index in [9.17, 15) is 9.59 Å². The standard InChI is InChI=1S/C12H10Cl2N2O2S/c1-2-16-6-7(3-4-10(16)17)12(18)15-9-5-8(13)11(14)19-9/h3-6H,2H2,1H3,(H,15,18). The molecule has 0 atom stereocenters. The van der Waals surface area contributed by atoms with Crippen molar-refractivity contribution in [3.05, 3.63) is 49.7 Å². The summed E-state index contributed by atoms with van der Waals surface area (Å²) in [7, 11) is 0. The molecule has 4 nitrogen and oxygen atoms in total. The van der Waals surface area contributed by atoms with Gasteiger partial charge in [-0.15, -0.1) is 11.3 Å². The fourth-order valence-electron chi connectivity index (χ4n) is 1.51. The van der Waals surface area contributed by atoms with Crippen molar-refractivity contribution < 1.29 is 4.79 Å². The summed E-state index contributed by atoms with van der Waals surface area (Å²) in [6, 6.07) is 4.44. The quantitative estimate of drug-likeness (QED) is 0.942. The highest BCUT2D eigenvalue weighted by atomic mass is 35.5. The molecule has 0 fully saturated rings. The van der Waals surface area contributed by atoms with E-state index >= 15 is 0 Å². The number of hydrogen-bond acceptors (Lipinski definition) is 3. The minimum Gasteiger partial charge on any atom is -0.315 e. The number of pyridine rings is 1. The van der Waals surface area contributed by atoms with Crippen LogP contribution < -0.4 is 10.9 Å². The molecule has 7 heteroatoms. The first kappa shape index (κ1) is 14.1. The molecule has 0 bridgehead atoms. The van der Waals surface area contributed by atoms with Gasteiger partial charge in [-0.3, -0.25) is 9.59 Å². The molecular weight excluding hydrogens is 307 g/mol. The molecule has 2 heterocycles. The molecule has 19 heavy (non-hydrogen) atoms. The zero-order valence-electron chi connectivity index (χ0n) is 9.94. The van der Waals surface area contributed by atoms with Gasteiger partial charge >= 0.3 is 0 Å². The Morgan fingerprint density at radius 1 is 1.42 bits per heavy atom. The number of nitrogens with one attached hydrogen (secondary N) is 1. The molecular formula is C12H10Cl2N2O2S. The summed E-state index contributed by atoms with van der Waals surface area (Å²) in [5, 5.41) is 3.65. The van der Waals surface area contributed by atoms with Gasteiger partial charge in [0.2, 0.25) is 0 Å². The first-order valence-corrected chi connectivity index (χ1v) is 7.05. The zero-order valence-corrected chi connectivity index (χ0v) is 12.3. The van der Waals surface area contributed by atoms with Crippen LogP contribution in [0.4, 0.5) is 5.00 Å². The molecule has 0 unspecified atom stereocenters. The Kier molecular flexibility index (Phi) is 4.29. The first-order valence-electron chi connectivity index (χ1n) is 5.48. The molecule has 0 aliphatic carbocycles. The minimum absolute atomic E-state index is 0.138. The van der Waals surface area contributed by atoms with Gasteiger partial charge in [0, 0.05) is 18.8 Å². The third-order valence-corrected chi connectivity index (χ3v) is 4.25. The number of carbonyl (C=O) groups is 1. The van der Waals surface area contributed by atoms with Gasteiger partial charge in [-0.05, 0) is 19.1 Å². The van der Waals surface area contributed by atoms with Crippen LogP contribution in [0.15, 0.2) is 29.2 Å². The Morgan fingerprint density at radius 3 is 2.74 bits per heavy atom. The Bertz CT molecular complexity index is 659. The van der Waals surface area contributed by atoms with Crippen molar-refractivity contribution in [3.8, 4) is 0 Å². The lowest BCUT2D eigenvalue weighted by molar-refractivity contribution is 0.102. The Labute approximate surface area is 123 Å². The Hall–Kier alpha value is -1.30. The number of amides is 1. The summed E-state index contributed by atoms with van der Waals surface area (Å²) in [6.07, 6.45) is 1.52. The van der Waals surface area contributed by atoms with E-state index in [1.165, 1.54) is 34.2 Å². The number of aromatic nitrogens is 1. The highest BCUT2D eigenvalue weighted by molar-refractivity contribution is 7.20. The van der Waals surface area contributed by atoms with Crippen LogP contribution in [-0.4, -0.2) is 10.5 Å². The van der Waals surface area contributed by atoms with E-state index in [0.29, 0.717) is 26.5 Å². The van der Waals surface area contributed by atoms with E-state index in [2.05, 4.69) is 5.32 Å². The van der Waals surface area contributed by atoms with Crippen molar-refractivity contribution in [3.63, 3.8) is 0 Å². The van der Waals surface area contributed by atoms with Gasteiger partial charge in [-0.1, -0.05) is 23.2 Å². The largest absolute Gasteiger partial charge is 0.315 e. The van der Waals surface area contributed by atoms with E-state index < -0.39 is 0 Å². The average molecular weight is 317 g/mol. The van der Waals surface area contributed by atoms with Crippen molar-refractivity contribution in [2.75, 3.05) is 5.32 Å². The molecule has 0 aromatic carbocycles. The average Bonchev–Trinajstić information content (AvgIpc) is 2.68. The lowest BCUT2D eigenvalue weighted by Crippen LogP contribution is -2.21. The number of nitrogens with zero attached hydrogens (tertiary/aromatic N) is 1. The predicted octanol–water partition coefficient (Wildman–Crippen LogP) is 3.49. The monoisotopic (exact) mass is 316 g/mol. The molecule has 0 saturated carbocycles. The minimum atomic E-state index is -0.309. The van der Waals surface area contributed by atoms with Crippen LogP contribution in [0.5, 0.6) is 0 Å². The maximum Gasteiger partial charge on any atom is 0.257 e. The van der Waals surface area contributed by atoms with Crippen LogP contribution in [0.25, 0.3) is 0 Å². The highest BCUT2D eigenvalue weighted by Gasteiger charge is 2.11. The molecule has 0 aliphatic rings. The second-order valence-electron chi connectivity index (χ2n) is 3.73. The number of rotatable bonds is 3. The molecule has 0 radical (unpaired) electrons. The maximum absolute atomic E-state index is 12.0. The van der Waals surface area contributed by atoms with Crippen molar-refractivity contribution >= 4 is 45.4 Å². The summed E-state index contributed by atoms with van der Waals surface area (Å²) >= 11 is 12.8. The first-order chi connectivity index (χ1) is 9.01. The van der Waals surface area contributed by atoms with Gasteiger partial charge in [0.15, 0.2) is 0 Å². The van der Waals surface area contributed by atoms with Gasteiger partial charge in [0.05, 0.1) is 15.6 Å². The molecule has 1 N–H and O–H groups in total. The van der Waals surface area contributed by atoms with Gasteiger partial charge in [-0.2, -0.15) is 0 Å². The van der Waals surface area contributed by atoms with Crippen molar-refractivity contribution in [2.45, 2.75) is 13.5 Å². The fourth-order valence-corrected chi connectivity index (χ4v) is 2.77. The molecule has 1 amide bonds. The van der Waals surface area contributed by atoms with Crippen molar-refractivity contribution in [1.82, 2.24) is 4.57 Å². The normalized spacial score (nSPS) is 10.5. The van der Waals surface area contributed by atoms with Crippen LogP contribution in [0.1, 0.15) is 17.3 Å². The zero-order chi connectivity index (χ0) is 14.0. The lowest BCUT2D eigenvalue weighted by Gasteiger charge is -2.05. The summed E-state index contributed by atoms with van der Waals surface area (Å²) in [6.45, 7) is 2.35. The number of carbonyl (C=O) groups excluding carboxylic acids is 1. The third-order valence-electron chi connectivity index (χ3n) is 2.47. The molecule has 2 aromatic rings. The number of hydrogen-bond donors (Lipinski definition) is 1. The second kappa shape index (κ2) is 5.77. The van der Waals surface area contributed by atoms with Crippen LogP contribution >= 0.6 is 34.5 Å². The van der Waals surface area contributed by atoms with Crippen LogP contribution in [-0.2, 0) is 6.54 Å². The van der Waals surface area contributed by atoms with Gasteiger partial charge in [0.25, 0.3) is 11.5 Å². The summed E-state index contributed by atoms with van der Waals surface area (Å²) in [5.74, 6) is -0.309. The summed E-state index contributed by atoms with van der Waals surface area (Å²) in [4.78, 5) is 23.4. The van der Waals surface area contributed by atoms with Crippen LogP contribution in [0.3, 0.4) is 0 Å². The van der Waals surface area contributed by atoms with E-state index in [4.69, 9.17) is 23.2 Å². The molecule has 0 saturated heterocycles. The molecule has 2 aromatic heterocycles. The van der Waals surface area contributed by atoms with Gasteiger partial charge in [-0.25, -0.2) is 0 Å². The van der Waals surface area contributed by atoms with Gasteiger partial charge < -0.3 is 9.88 Å². The van der Waals surface area contributed by atoms with Crippen molar-refractivity contribution in [1.29, 1.82) is 0 Å². The number of anilines is 1. The predicted molar refractivity (Wildman–Crippen MR) is 78.7 cm³/mol. The SMILES string of the molecule is CCn1cc(C(=O)Nc2cc(Cl)c(Cl)s2)ccc1=O. The smallest absolute Gasteiger partial charge is 0.257 e. The third kappa shape index (κ3) is 3.18. The highest BCUT2D eigenvalue weighted by Crippen LogP contribution is 2.35. The van der Waals surface area contributed by atoms with Gasteiger partial charge in [0.1, 0.15) is 4.34 Å². The molecule has 100 valence electrons. The lowest BCUT2D eigenvalue weighted by atomic mass is 10.2. The van der Waals surface area contributed by atoms with E-state index in [1.54, 1.807) is 6.07 Å². The Balaban J connectivity index is 2.22. The molecule has 0 aliphatic heterocycles. The van der Waals surface area contributed by atoms with E-state index in [0.717, 1.165) is 0 Å². The van der Waals surface area contributed by atoms with Crippen LogP contribution in [0, 0.1) is 0 Å². The summed E-state index contributed by atoms with van der Waals surface area (Å²) in [5.41, 5.74) is 0.267. The number of halogens is 2. The fraction of sp³-hybridized carbons (Fsp3) is 0.167.